The third-order valence-corrected chi connectivity index (χ3v) is 5.16. The number of rotatable bonds is 4. The summed E-state index contributed by atoms with van der Waals surface area (Å²) < 4.78 is 18.8. The van der Waals surface area contributed by atoms with Gasteiger partial charge in [-0.2, -0.15) is 0 Å². The molecule has 0 amide bonds. The van der Waals surface area contributed by atoms with Gasteiger partial charge in [0, 0.05) is 5.92 Å². The first kappa shape index (κ1) is 16.6. The highest BCUT2D eigenvalue weighted by Crippen LogP contribution is 2.53. The monoisotopic (exact) mass is 354 g/mol. The van der Waals surface area contributed by atoms with Crippen molar-refractivity contribution in [3.63, 3.8) is 0 Å². The number of halogens is 1. The molecule has 134 valence electrons. The maximum absolute atomic E-state index is 13.3. The molecule has 0 radical (unpaired) electrons. The van der Waals surface area contributed by atoms with Crippen molar-refractivity contribution in [2.45, 2.75) is 25.3 Å². The van der Waals surface area contributed by atoms with Crippen LogP contribution in [0.4, 0.5) is 15.8 Å². The fourth-order valence-corrected chi connectivity index (χ4v) is 4.05. The lowest BCUT2D eigenvalue weighted by Crippen LogP contribution is -2.29. The number of ether oxygens (including phenoxy) is 1. The van der Waals surface area contributed by atoms with E-state index in [0.29, 0.717) is 18.0 Å². The third-order valence-electron chi connectivity index (χ3n) is 5.16. The van der Waals surface area contributed by atoms with Crippen molar-refractivity contribution in [3.05, 3.63) is 75.6 Å². The Hall–Kier alpha value is -2.89. The maximum atomic E-state index is 13.3. The molecule has 0 aromatic heterocycles. The summed E-state index contributed by atoms with van der Waals surface area (Å²) in [6.07, 6.45) is 5.09. The van der Waals surface area contributed by atoms with Gasteiger partial charge in [-0.25, -0.2) is 4.39 Å². The number of nitrogens with zero attached hydrogens (tertiary/aromatic N) is 1. The Bertz CT molecular complexity index is 879. The Labute approximate surface area is 150 Å². The summed E-state index contributed by atoms with van der Waals surface area (Å²) in [6, 6.07) is 9.59. The lowest BCUT2D eigenvalue weighted by Gasteiger charge is -2.37. The first-order valence-corrected chi connectivity index (χ1v) is 8.72. The van der Waals surface area contributed by atoms with Gasteiger partial charge >= 0.3 is 0 Å². The zero-order valence-corrected chi connectivity index (χ0v) is 14.3. The molecule has 5 nitrogen and oxygen atoms in total. The normalized spacial score (nSPS) is 23.1. The fourth-order valence-electron chi connectivity index (χ4n) is 4.05. The summed E-state index contributed by atoms with van der Waals surface area (Å²) in [7, 11) is 0. The third kappa shape index (κ3) is 2.71. The van der Waals surface area contributed by atoms with Gasteiger partial charge in [-0.05, 0) is 48.6 Å². The van der Waals surface area contributed by atoms with Crippen LogP contribution in [0, 0.1) is 21.8 Å². The average molecular weight is 354 g/mol. The Balaban J connectivity index is 1.83. The molecule has 3 atom stereocenters. The van der Waals surface area contributed by atoms with Crippen LogP contribution in [0.1, 0.15) is 36.4 Å². The summed E-state index contributed by atoms with van der Waals surface area (Å²) in [4.78, 5) is 11.3. The van der Waals surface area contributed by atoms with E-state index >= 15 is 0 Å². The molecular formula is C20H19FN2O3. The van der Waals surface area contributed by atoms with Crippen molar-refractivity contribution in [1.29, 1.82) is 0 Å². The molecule has 0 bridgehead atoms. The molecule has 26 heavy (non-hydrogen) atoms. The van der Waals surface area contributed by atoms with Gasteiger partial charge in [-0.3, -0.25) is 10.1 Å². The molecule has 1 N–H and O–H groups in total. The summed E-state index contributed by atoms with van der Waals surface area (Å²) in [5.74, 6) is 0.516. The summed E-state index contributed by atoms with van der Waals surface area (Å²) in [5, 5.41) is 15.0. The molecule has 0 spiro atoms. The summed E-state index contributed by atoms with van der Waals surface area (Å²) in [5.41, 5.74) is 2.36. The van der Waals surface area contributed by atoms with E-state index in [1.54, 1.807) is 12.1 Å². The number of nitro groups is 1. The molecule has 1 heterocycles. The van der Waals surface area contributed by atoms with E-state index in [2.05, 4.69) is 17.5 Å². The smallest absolute Gasteiger partial charge is 0.296 e. The molecule has 0 saturated carbocycles. The molecule has 2 aliphatic rings. The number of hydrogen-bond donors (Lipinski definition) is 1. The van der Waals surface area contributed by atoms with E-state index in [-0.39, 0.29) is 34.3 Å². The van der Waals surface area contributed by atoms with Gasteiger partial charge in [0.2, 0.25) is 0 Å². The second-order valence-corrected chi connectivity index (χ2v) is 6.62. The van der Waals surface area contributed by atoms with E-state index in [9.17, 15) is 14.5 Å². The maximum Gasteiger partial charge on any atom is 0.296 e. The second kappa shape index (κ2) is 6.44. The minimum atomic E-state index is -0.380. The Morgan fingerprint density at radius 1 is 1.31 bits per heavy atom. The fraction of sp³-hybridized carbons (Fsp3) is 0.300. The quantitative estimate of drug-likeness (QED) is 0.479. The van der Waals surface area contributed by atoms with Crippen LogP contribution in [0.3, 0.4) is 0 Å². The van der Waals surface area contributed by atoms with Gasteiger partial charge in [0.1, 0.15) is 17.3 Å². The molecule has 0 saturated heterocycles. The molecular weight excluding hydrogens is 335 g/mol. The van der Waals surface area contributed by atoms with E-state index in [1.165, 1.54) is 18.2 Å². The molecule has 0 fully saturated rings. The molecule has 4 rings (SSSR count). The zero-order chi connectivity index (χ0) is 18.3. The Morgan fingerprint density at radius 3 is 2.77 bits per heavy atom. The second-order valence-electron chi connectivity index (χ2n) is 6.62. The minimum Gasteiger partial charge on any atom is -0.494 e. The molecule has 2 aromatic rings. The Kier molecular flexibility index (Phi) is 4.11. The van der Waals surface area contributed by atoms with Crippen molar-refractivity contribution in [3.8, 4) is 5.75 Å². The largest absolute Gasteiger partial charge is 0.494 e. The van der Waals surface area contributed by atoms with Crippen molar-refractivity contribution in [2.75, 3.05) is 11.9 Å². The van der Waals surface area contributed by atoms with Gasteiger partial charge in [-0.15, -0.1) is 0 Å². The summed E-state index contributed by atoms with van der Waals surface area (Å²) >= 11 is 0. The van der Waals surface area contributed by atoms with E-state index in [4.69, 9.17) is 4.74 Å². The summed E-state index contributed by atoms with van der Waals surface area (Å²) in [6.45, 7) is 2.30. The van der Waals surface area contributed by atoms with Crippen LogP contribution in [0.25, 0.3) is 0 Å². The van der Waals surface area contributed by atoms with Crippen LogP contribution >= 0.6 is 0 Å². The van der Waals surface area contributed by atoms with Crippen LogP contribution in [0.5, 0.6) is 5.75 Å². The molecule has 1 aliphatic carbocycles. The van der Waals surface area contributed by atoms with Gasteiger partial charge in [0.05, 0.1) is 23.6 Å². The highest BCUT2D eigenvalue weighted by Gasteiger charge is 2.41. The van der Waals surface area contributed by atoms with Crippen LogP contribution in [0.15, 0.2) is 48.6 Å². The number of benzene rings is 2. The van der Waals surface area contributed by atoms with Crippen LogP contribution in [-0.2, 0) is 0 Å². The van der Waals surface area contributed by atoms with Crippen molar-refractivity contribution in [1.82, 2.24) is 0 Å². The number of anilines is 1. The average Bonchev–Trinajstić information content (AvgIpc) is 3.11. The van der Waals surface area contributed by atoms with Crippen LogP contribution < -0.4 is 10.1 Å². The number of allylic oxidation sites excluding steroid dienone is 2. The van der Waals surface area contributed by atoms with Crippen molar-refractivity contribution < 1.29 is 14.1 Å². The first-order valence-electron chi connectivity index (χ1n) is 8.72. The van der Waals surface area contributed by atoms with Gasteiger partial charge in [-0.1, -0.05) is 24.3 Å². The van der Waals surface area contributed by atoms with Crippen LogP contribution in [-0.4, -0.2) is 11.5 Å². The van der Waals surface area contributed by atoms with Gasteiger partial charge in [0.15, 0.2) is 0 Å². The van der Waals surface area contributed by atoms with Gasteiger partial charge < -0.3 is 10.1 Å². The number of fused-ring (bicyclic) bond motifs is 3. The molecule has 0 unspecified atom stereocenters. The number of nitro benzene ring substituents is 1. The number of hydrogen-bond acceptors (Lipinski definition) is 4. The lowest BCUT2D eigenvalue weighted by atomic mass is 9.76. The van der Waals surface area contributed by atoms with E-state index < -0.39 is 0 Å². The topological polar surface area (TPSA) is 64.4 Å². The zero-order valence-electron chi connectivity index (χ0n) is 14.3. The van der Waals surface area contributed by atoms with Crippen molar-refractivity contribution in [2.24, 2.45) is 5.92 Å². The highest BCUT2D eigenvalue weighted by atomic mass is 19.1. The molecule has 1 aliphatic heterocycles. The lowest BCUT2D eigenvalue weighted by molar-refractivity contribution is -0.384. The SMILES string of the molecule is CCOc1cc2c(c([N+](=O)[O-])c1)N[C@H](c1ccc(F)cc1)[C@@H]1CC=C[C@@H]21. The highest BCUT2D eigenvalue weighted by molar-refractivity contribution is 5.73. The first-order chi connectivity index (χ1) is 12.6. The van der Waals surface area contributed by atoms with E-state index in [0.717, 1.165) is 17.5 Å². The minimum absolute atomic E-state index is 0.0109. The van der Waals surface area contributed by atoms with Crippen LogP contribution in [0.2, 0.25) is 0 Å². The van der Waals surface area contributed by atoms with Crippen molar-refractivity contribution >= 4 is 11.4 Å². The standard InChI is InChI=1S/C20H19FN2O3/c1-2-26-14-10-17-15-4-3-5-16(15)19(12-6-8-13(21)9-7-12)22-20(17)18(11-14)23(24)25/h3-4,6-11,15-16,19,22H,2,5H2,1H3/t15-,16-,19-/m1/s1. The molecule has 2 aromatic carbocycles. The van der Waals surface area contributed by atoms with Gasteiger partial charge in [0.25, 0.3) is 5.69 Å². The predicted molar refractivity (Wildman–Crippen MR) is 97.0 cm³/mol. The number of nitrogens with one attached hydrogen (secondary N) is 1. The molecule has 6 heteroatoms. The Morgan fingerprint density at radius 2 is 2.08 bits per heavy atom. The predicted octanol–water partition coefficient (Wildman–Crippen LogP) is 4.96. The van der Waals surface area contributed by atoms with E-state index in [1.807, 2.05) is 13.0 Å².